The van der Waals surface area contributed by atoms with Gasteiger partial charge in [0.15, 0.2) is 0 Å². The monoisotopic (exact) mass is 239 g/mol. The summed E-state index contributed by atoms with van der Waals surface area (Å²) >= 11 is 5.62. The van der Waals surface area contributed by atoms with E-state index in [4.69, 9.17) is 16.3 Å². The fourth-order valence-electron chi connectivity index (χ4n) is 2.02. The molecule has 2 rings (SSSR count). The van der Waals surface area contributed by atoms with E-state index in [1.54, 1.807) is 0 Å². The predicted molar refractivity (Wildman–Crippen MR) is 67.5 cm³/mol. The van der Waals surface area contributed by atoms with Crippen LogP contribution in [0.5, 0.6) is 5.75 Å². The Hall–Kier alpha value is -0.730. The fraction of sp³-hybridized carbons (Fsp3) is 0.538. The lowest BCUT2D eigenvalue weighted by atomic mass is 10.1. The second kappa shape index (κ2) is 5.55. The van der Waals surface area contributed by atoms with Crippen LogP contribution in [0.25, 0.3) is 0 Å². The Kier molecular flexibility index (Phi) is 4.08. The number of halogens is 1. The second-order valence-corrected chi connectivity index (χ2v) is 4.68. The van der Waals surface area contributed by atoms with E-state index in [0.717, 1.165) is 37.6 Å². The Bertz CT molecular complexity index is 354. The predicted octanol–water partition coefficient (Wildman–Crippen LogP) is 2.52. The lowest BCUT2D eigenvalue weighted by Gasteiger charge is -2.11. The highest BCUT2D eigenvalue weighted by molar-refractivity contribution is 6.17. The van der Waals surface area contributed by atoms with Crippen molar-refractivity contribution in [2.24, 2.45) is 0 Å². The van der Waals surface area contributed by atoms with Crippen molar-refractivity contribution in [1.29, 1.82) is 0 Å². The normalized spacial score (nSPS) is 18.2. The number of nitrogens with one attached hydrogen (secondary N) is 1. The Morgan fingerprint density at radius 1 is 1.50 bits per heavy atom. The number of ether oxygens (including phenoxy) is 1. The maximum atomic E-state index is 5.85. The molecule has 1 aromatic rings. The van der Waals surface area contributed by atoms with Crippen molar-refractivity contribution >= 4 is 11.6 Å². The summed E-state index contributed by atoms with van der Waals surface area (Å²) in [5.74, 6) is 1.77. The summed E-state index contributed by atoms with van der Waals surface area (Å²) in [5, 5.41) is 3.37. The minimum absolute atomic E-state index is 0.284. The van der Waals surface area contributed by atoms with Crippen LogP contribution in [0.1, 0.15) is 17.5 Å². The summed E-state index contributed by atoms with van der Waals surface area (Å²) in [4.78, 5) is 0. The topological polar surface area (TPSA) is 21.3 Å². The first-order valence-electron chi connectivity index (χ1n) is 5.82. The van der Waals surface area contributed by atoms with Crippen molar-refractivity contribution in [3.63, 3.8) is 0 Å². The van der Waals surface area contributed by atoms with Crippen molar-refractivity contribution in [3.05, 3.63) is 29.3 Å². The van der Waals surface area contributed by atoms with E-state index < -0.39 is 0 Å². The average molecular weight is 240 g/mol. The van der Waals surface area contributed by atoms with Crippen molar-refractivity contribution in [2.75, 3.05) is 19.0 Å². The van der Waals surface area contributed by atoms with Gasteiger partial charge in [0.05, 0.1) is 0 Å². The van der Waals surface area contributed by atoms with Gasteiger partial charge in [0.2, 0.25) is 0 Å². The Balaban J connectivity index is 1.81. The van der Waals surface area contributed by atoms with Crippen LogP contribution in [0.3, 0.4) is 0 Å². The molecular formula is C13H18ClNO. The van der Waals surface area contributed by atoms with E-state index >= 15 is 0 Å². The molecular weight excluding hydrogens is 222 g/mol. The van der Waals surface area contributed by atoms with E-state index in [1.807, 2.05) is 0 Å². The maximum Gasteiger partial charge on any atom is 0.123 e. The van der Waals surface area contributed by atoms with Crippen LogP contribution < -0.4 is 10.1 Å². The lowest BCUT2D eigenvalue weighted by Crippen LogP contribution is -2.30. The highest BCUT2D eigenvalue weighted by Gasteiger charge is 2.21. The molecule has 1 heterocycles. The first-order valence-corrected chi connectivity index (χ1v) is 6.36. The van der Waals surface area contributed by atoms with Crippen molar-refractivity contribution < 1.29 is 4.74 Å². The first kappa shape index (κ1) is 11.7. The molecule has 88 valence electrons. The summed E-state index contributed by atoms with van der Waals surface area (Å²) in [7, 11) is 0. The molecule has 0 fully saturated rings. The van der Waals surface area contributed by atoms with E-state index in [1.165, 1.54) is 11.1 Å². The molecule has 2 nitrogen and oxygen atoms in total. The van der Waals surface area contributed by atoms with Gasteiger partial charge in [0.1, 0.15) is 11.9 Å². The highest BCUT2D eigenvalue weighted by atomic mass is 35.5. The number of hydrogen-bond acceptors (Lipinski definition) is 2. The minimum Gasteiger partial charge on any atom is -0.488 e. The summed E-state index contributed by atoms with van der Waals surface area (Å²) in [6.45, 7) is 4.00. The van der Waals surface area contributed by atoms with Gasteiger partial charge in [-0.1, -0.05) is 17.7 Å². The zero-order valence-corrected chi connectivity index (χ0v) is 10.4. The third-order valence-electron chi connectivity index (χ3n) is 2.82. The number of aryl methyl sites for hydroxylation is 1. The van der Waals surface area contributed by atoms with Gasteiger partial charge < -0.3 is 10.1 Å². The molecule has 16 heavy (non-hydrogen) atoms. The van der Waals surface area contributed by atoms with Gasteiger partial charge >= 0.3 is 0 Å². The van der Waals surface area contributed by atoms with Crippen LogP contribution in [0.15, 0.2) is 18.2 Å². The third-order valence-corrected chi connectivity index (χ3v) is 3.08. The molecule has 1 aliphatic rings. The van der Waals surface area contributed by atoms with Gasteiger partial charge in [0, 0.05) is 18.8 Å². The third kappa shape index (κ3) is 2.89. The van der Waals surface area contributed by atoms with Gasteiger partial charge in [-0.2, -0.15) is 0 Å². The number of rotatable bonds is 5. The number of alkyl halides is 1. The van der Waals surface area contributed by atoms with Gasteiger partial charge in [-0.25, -0.2) is 0 Å². The number of hydrogen-bond donors (Lipinski definition) is 1. The molecule has 3 heteroatoms. The largest absolute Gasteiger partial charge is 0.488 e. The molecule has 0 saturated heterocycles. The maximum absolute atomic E-state index is 5.85. The SMILES string of the molecule is Cc1ccc2c(c1)CC(CNCCCCl)O2. The molecule has 0 amide bonds. The Morgan fingerprint density at radius 2 is 2.38 bits per heavy atom. The van der Waals surface area contributed by atoms with Gasteiger partial charge in [-0.3, -0.25) is 0 Å². The van der Waals surface area contributed by atoms with Gasteiger partial charge in [-0.05, 0) is 31.5 Å². The second-order valence-electron chi connectivity index (χ2n) is 4.30. The minimum atomic E-state index is 0.284. The first-order chi connectivity index (χ1) is 7.79. The summed E-state index contributed by atoms with van der Waals surface area (Å²) in [6.07, 6.45) is 2.32. The van der Waals surface area contributed by atoms with Crippen LogP contribution in [0, 0.1) is 6.92 Å². The lowest BCUT2D eigenvalue weighted by molar-refractivity contribution is 0.228. The molecule has 0 aromatic heterocycles. The quantitative estimate of drug-likeness (QED) is 0.630. The smallest absolute Gasteiger partial charge is 0.123 e. The number of fused-ring (bicyclic) bond motifs is 1. The summed E-state index contributed by atoms with van der Waals surface area (Å²) < 4.78 is 5.85. The van der Waals surface area contributed by atoms with E-state index in [0.29, 0.717) is 0 Å². The zero-order chi connectivity index (χ0) is 11.4. The molecule has 1 unspecified atom stereocenters. The molecule has 1 aliphatic heterocycles. The Labute approximate surface area is 102 Å². The van der Waals surface area contributed by atoms with Crippen molar-refractivity contribution in [2.45, 2.75) is 25.9 Å². The molecule has 1 aromatic carbocycles. The average Bonchev–Trinajstić information content (AvgIpc) is 2.66. The zero-order valence-electron chi connectivity index (χ0n) is 9.63. The highest BCUT2D eigenvalue weighted by Crippen LogP contribution is 2.29. The Morgan fingerprint density at radius 3 is 3.19 bits per heavy atom. The van der Waals surface area contributed by atoms with Crippen molar-refractivity contribution in [3.8, 4) is 5.75 Å². The number of benzene rings is 1. The molecule has 1 N–H and O–H groups in total. The van der Waals surface area contributed by atoms with E-state index in [-0.39, 0.29) is 6.10 Å². The molecule has 1 atom stereocenters. The molecule has 0 bridgehead atoms. The van der Waals surface area contributed by atoms with Crippen LogP contribution in [0.4, 0.5) is 0 Å². The van der Waals surface area contributed by atoms with Crippen LogP contribution in [-0.4, -0.2) is 25.1 Å². The van der Waals surface area contributed by atoms with Crippen LogP contribution in [-0.2, 0) is 6.42 Å². The summed E-state index contributed by atoms with van der Waals surface area (Å²) in [6, 6.07) is 6.39. The van der Waals surface area contributed by atoms with Gasteiger partial charge in [0.25, 0.3) is 0 Å². The standard InChI is InChI=1S/C13H18ClNO/c1-10-3-4-13-11(7-10)8-12(16-13)9-15-6-2-5-14/h3-4,7,12,15H,2,5-6,8-9H2,1H3. The van der Waals surface area contributed by atoms with Crippen LogP contribution >= 0.6 is 11.6 Å². The van der Waals surface area contributed by atoms with Crippen LogP contribution in [0.2, 0.25) is 0 Å². The molecule has 0 spiro atoms. The van der Waals surface area contributed by atoms with Gasteiger partial charge in [-0.15, -0.1) is 11.6 Å². The fourth-order valence-corrected chi connectivity index (χ4v) is 2.15. The summed E-state index contributed by atoms with van der Waals surface area (Å²) in [5.41, 5.74) is 2.64. The van der Waals surface area contributed by atoms with E-state index in [2.05, 4.69) is 30.4 Å². The van der Waals surface area contributed by atoms with Crippen molar-refractivity contribution in [1.82, 2.24) is 5.32 Å². The molecule has 0 aliphatic carbocycles. The van der Waals surface area contributed by atoms with E-state index in [9.17, 15) is 0 Å². The molecule has 0 radical (unpaired) electrons. The molecule has 0 saturated carbocycles.